The Bertz CT molecular complexity index is 213. The Balaban J connectivity index is 2.27. The van der Waals surface area contributed by atoms with Crippen molar-refractivity contribution >= 4 is 0 Å². The molecule has 1 aliphatic heterocycles. The summed E-state index contributed by atoms with van der Waals surface area (Å²) in [5.74, 6) is 2.43. The Labute approximate surface area is 114 Å². The number of nitrogens with zero attached hydrogens (tertiary/aromatic N) is 1. The van der Waals surface area contributed by atoms with Gasteiger partial charge >= 0.3 is 0 Å². The molecular weight excluding hydrogens is 220 g/mol. The van der Waals surface area contributed by atoms with Gasteiger partial charge in [-0.1, -0.05) is 27.7 Å². The highest BCUT2D eigenvalue weighted by Crippen LogP contribution is 2.25. The summed E-state index contributed by atoms with van der Waals surface area (Å²) in [6.45, 7) is 12.9. The zero-order chi connectivity index (χ0) is 13.5. The Morgan fingerprint density at radius 3 is 2.44 bits per heavy atom. The van der Waals surface area contributed by atoms with Crippen LogP contribution in [0.4, 0.5) is 0 Å². The highest BCUT2D eigenvalue weighted by molar-refractivity contribution is 4.81. The van der Waals surface area contributed by atoms with Gasteiger partial charge in [-0.2, -0.15) is 0 Å². The first-order valence-corrected chi connectivity index (χ1v) is 8.00. The molecule has 2 N–H and O–H groups in total. The van der Waals surface area contributed by atoms with E-state index in [2.05, 4.69) is 32.6 Å². The van der Waals surface area contributed by atoms with Crippen molar-refractivity contribution in [1.82, 2.24) is 4.90 Å². The van der Waals surface area contributed by atoms with Gasteiger partial charge in [-0.3, -0.25) is 0 Å². The second kappa shape index (κ2) is 8.16. The number of hydrogen-bond donors (Lipinski definition) is 1. The largest absolute Gasteiger partial charge is 0.330 e. The molecule has 0 aromatic carbocycles. The molecule has 1 fully saturated rings. The second-order valence-electron chi connectivity index (χ2n) is 6.71. The van der Waals surface area contributed by atoms with Crippen LogP contribution >= 0.6 is 0 Å². The van der Waals surface area contributed by atoms with Gasteiger partial charge in [0, 0.05) is 6.04 Å². The van der Waals surface area contributed by atoms with Crippen LogP contribution in [0, 0.1) is 17.8 Å². The summed E-state index contributed by atoms with van der Waals surface area (Å²) >= 11 is 0. The van der Waals surface area contributed by atoms with E-state index >= 15 is 0 Å². The minimum atomic E-state index is 0.785. The van der Waals surface area contributed by atoms with Gasteiger partial charge in [0.2, 0.25) is 0 Å². The fourth-order valence-corrected chi connectivity index (χ4v) is 3.47. The summed E-state index contributed by atoms with van der Waals surface area (Å²) in [6.07, 6.45) is 6.72. The summed E-state index contributed by atoms with van der Waals surface area (Å²) < 4.78 is 0. The molecule has 1 aliphatic rings. The first-order chi connectivity index (χ1) is 8.56. The van der Waals surface area contributed by atoms with Crippen LogP contribution in [-0.2, 0) is 0 Å². The maximum absolute atomic E-state index is 5.71. The Kier molecular flexibility index (Phi) is 7.25. The molecule has 18 heavy (non-hydrogen) atoms. The van der Waals surface area contributed by atoms with Crippen LogP contribution in [0.1, 0.15) is 59.8 Å². The zero-order valence-corrected chi connectivity index (χ0v) is 13.0. The smallest absolute Gasteiger partial charge is 0.0119 e. The molecule has 1 heterocycles. The molecule has 0 radical (unpaired) electrons. The quantitative estimate of drug-likeness (QED) is 0.718. The molecule has 0 bridgehead atoms. The van der Waals surface area contributed by atoms with E-state index in [9.17, 15) is 0 Å². The van der Waals surface area contributed by atoms with Crippen LogP contribution in [-0.4, -0.2) is 30.6 Å². The highest BCUT2D eigenvalue weighted by Gasteiger charge is 2.26. The first-order valence-electron chi connectivity index (χ1n) is 8.00. The molecule has 0 aliphatic carbocycles. The zero-order valence-electron chi connectivity index (χ0n) is 13.0. The molecule has 0 amide bonds. The molecule has 1 rings (SSSR count). The van der Waals surface area contributed by atoms with Gasteiger partial charge in [0.15, 0.2) is 0 Å². The molecule has 0 spiro atoms. The third kappa shape index (κ3) is 4.89. The minimum absolute atomic E-state index is 0.785. The van der Waals surface area contributed by atoms with Gasteiger partial charge < -0.3 is 10.6 Å². The summed E-state index contributed by atoms with van der Waals surface area (Å²) in [7, 11) is 0. The average Bonchev–Trinajstić information content (AvgIpc) is 2.76. The van der Waals surface area contributed by atoms with Gasteiger partial charge in [-0.25, -0.2) is 0 Å². The van der Waals surface area contributed by atoms with E-state index in [0.29, 0.717) is 0 Å². The van der Waals surface area contributed by atoms with Crippen molar-refractivity contribution in [3.63, 3.8) is 0 Å². The minimum Gasteiger partial charge on any atom is -0.330 e. The molecule has 108 valence electrons. The van der Waals surface area contributed by atoms with E-state index in [0.717, 1.165) is 30.3 Å². The van der Waals surface area contributed by atoms with Crippen LogP contribution in [0.2, 0.25) is 0 Å². The third-order valence-electron chi connectivity index (χ3n) is 4.68. The van der Waals surface area contributed by atoms with E-state index in [1.54, 1.807) is 0 Å². The molecule has 2 nitrogen and oxygen atoms in total. The normalized spacial score (nSPS) is 23.2. The Morgan fingerprint density at radius 2 is 1.89 bits per heavy atom. The van der Waals surface area contributed by atoms with E-state index in [-0.39, 0.29) is 0 Å². The van der Waals surface area contributed by atoms with Gasteiger partial charge in [-0.05, 0) is 69.5 Å². The summed E-state index contributed by atoms with van der Waals surface area (Å²) in [4.78, 5) is 2.73. The van der Waals surface area contributed by atoms with Crippen LogP contribution in [0.5, 0.6) is 0 Å². The van der Waals surface area contributed by atoms with E-state index in [4.69, 9.17) is 5.73 Å². The second-order valence-corrected chi connectivity index (χ2v) is 6.71. The van der Waals surface area contributed by atoms with Crippen LogP contribution in [0.3, 0.4) is 0 Å². The number of nitrogens with two attached hydrogens (primary N) is 1. The predicted octanol–water partition coefficient (Wildman–Crippen LogP) is 3.51. The van der Waals surface area contributed by atoms with Crippen molar-refractivity contribution in [2.45, 2.75) is 65.8 Å². The monoisotopic (exact) mass is 254 g/mol. The summed E-state index contributed by atoms with van der Waals surface area (Å²) in [5.41, 5.74) is 5.71. The Hall–Kier alpha value is -0.0800. The van der Waals surface area contributed by atoms with Crippen LogP contribution < -0.4 is 5.73 Å². The standard InChI is InChI=1S/C16H34N2/c1-13(2)15(9-10-17)7-5-11-18-12-6-8-16(18)14(3)4/h13-16H,5-12,17H2,1-4H3. The Morgan fingerprint density at radius 1 is 1.17 bits per heavy atom. The summed E-state index contributed by atoms with van der Waals surface area (Å²) in [6, 6.07) is 0.844. The SMILES string of the molecule is CC(C)C(CCN)CCCN1CCCC1C(C)C. The average molecular weight is 254 g/mol. The van der Waals surface area contributed by atoms with E-state index in [1.807, 2.05) is 0 Å². The first kappa shape index (κ1) is 16.0. The lowest BCUT2D eigenvalue weighted by atomic mass is 9.88. The van der Waals surface area contributed by atoms with Crippen molar-refractivity contribution in [3.8, 4) is 0 Å². The van der Waals surface area contributed by atoms with Gasteiger partial charge in [0.05, 0.1) is 0 Å². The van der Waals surface area contributed by atoms with Gasteiger partial charge in [0.1, 0.15) is 0 Å². The van der Waals surface area contributed by atoms with Crippen molar-refractivity contribution in [1.29, 1.82) is 0 Å². The molecule has 0 aromatic rings. The van der Waals surface area contributed by atoms with Crippen molar-refractivity contribution in [2.24, 2.45) is 23.5 Å². The summed E-state index contributed by atoms with van der Waals surface area (Å²) in [5, 5.41) is 0. The maximum atomic E-state index is 5.71. The van der Waals surface area contributed by atoms with Crippen molar-refractivity contribution in [2.75, 3.05) is 19.6 Å². The lowest BCUT2D eigenvalue weighted by Gasteiger charge is -2.28. The topological polar surface area (TPSA) is 29.3 Å². The van der Waals surface area contributed by atoms with Crippen LogP contribution in [0.15, 0.2) is 0 Å². The molecule has 1 saturated heterocycles. The molecule has 0 saturated carbocycles. The molecule has 2 unspecified atom stereocenters. The third-order valence-corrected chi connectivity index (χ3v) is 4.68. The fourth-order valence-electron chi connectivity index (χ4n) is 3.47. The molecular formula is C16H34N2. The number of likely N-dealkylation sites (tertiary alicyclic amines) is 1. The van der Waals surface area contributed by atoms with Crippen molar-refractivity contribution < 1.29 is 0 Å². The highest BCUT2D eigenvalue weighted by atomic mass is 15.2. The van der Waals surface area contributed by atoms with Crippen LogP contribution in [0.25, 0.3) is 0 Å². The number of rotatable bonds is 8. The maximum Gasteiger partial charge on any atom is 0.0119 e. The lowest BCUT2D eigenvalue weighted by Crippen LogP contribution is -2.34. The number of hydrogen-bond acceptors (Lipinski definition) is 2. The van der Waals surface area contributed by atoms with Crippen molar-refractivity contribution in [3.05, 3.63) is 0 Å². The van der Waals surface area contributed by atoms with E-state index < -0.39 is 0 Å². The van der Waals surface area contributed by atoms with Gasteiger partial charge in [0.25, 0.3) is 0 Å². The lowest BCUT2D eigenvalue weighted by molar-refractivity contribution is 0.194. The van der Waals surface area contributed by atoms with E-state index in [1.165, 1.54) is 45.2 Å². The predicted molar refractivity (Wildman–Crippen MR) is 80.7 cm³/mol. The molecule has 2 heteroatoms. The van der Waals surface area contributed by atoms with Gasteiger partial charge in [-0.15, -0.1) is 0 Å². The molecule has 0 aromatic heterocycles. The molecule has 2 atom stereocenters. The fraction of sp³-hybridized carbons (Fsp3) is 1.00.